The van der Waals surface area contributed by atoms with Crippen LogP contribution in [0.5, 0.6) is 5.75 Å². The van der Waals surface area contributed by atoms with E-state index in [1.165, 1.54) is 39.4 Å². The summed E-state index contributed by atoms with van der Waals surface area (Å²) >= 11 is 0. The number of nitrogens with one attached hydrogen (secondary N) is 6. The summed E-state index contributed by atoms with van der Waals surface area (Å²) in [5.74, 6) is -8.00. The topological polar surface area (TPSA) is 362 Å². The molecule has 2 aromatic carbocycles. The number of carbonyl (C=O) groups is 10. The Labute approximate surface area is 433 Å². The number of rotatable bonds is 24. The monoisotopic (exact) mass is 1040 g/mol. The SMILES string of the molecule is CC[C@H](C)[C@H](NC(=O)[C@@H]1CCCN1C(=O)CNC(=O)[C@@H]1CCCN1C(=O)[C@H](Cc1ccccc1)NC(=O)[C@@H]1CCCN1C(=O)[C@@H](N)Cc1ccc(O)cc1)C(=O)N[C@@H](Cc1c[nH]cn1)C(=O)N[C@@H](CC(N)=O)C(=O)O. The summed E-state index contributed by atoms with van der Waals surface area (Å²) < 4.78 is 0. The predicted octanol–water partition coefficient (Wildman–Crippen LogP) is -1.49. The van der Waals surface area contributed by atoms with Gasteiger partial charge in [0.1, 0.15) is 48.0 Å². The molecule has 9 atom stereocenters. The normalized spacial score (nSPS) is 19.7. The average Bonchev–Trinajstić information content (AvgIpc) is 4.25. The number of phenols is 1. The van der Waals surface area contributed by atoms with E-state index in [-0.39, 0.29) is 50.9 Å². The van der Waals surface area contributed by atoms with Crippen LogP contribution in [-0.4, -0.2) is 169 Å². The second kappa shape index (κ2) is 26.4. The van der Waals surface area contributed by atoms with Crippen LogP contribution in [0.1, 0.15) is 82.0 Å². The second-order valence-electron chi connectivity index (χ2n) is 19.3. The number of imidazole rings is 1. The van der Waals surface area contributed by atoms with Crippen LogP contribution in [0.15, 0.2) is 67.1 Å². The number of amides is 9. The molecule has 0 aliphatic carbocycles. The van der Waals surface area contributed by atoms with Crippen LogP contribution in [0.4, 0.5) is 0 Å². The Balaban J connectivity index is 1.08. The minimum atomic E-state index is -1.68. The highest BCUT2D eigenvalue weighted by molar-refractivity contribution is 5.98. The van der Waals surface area contributed by atoms with Crippen molar-refractivity contribution >= 4 is 59.1 Å². The number of aromatic hydroxyl groups is 1. The van der Waals surface area contributed by atoms with Crippen LogP contribution in [0.2, 0.25) is 0 Å². The average molecular weight is 1040 g/mol. The molecule has 4 heterocycles. The first-order chi connectivity index (χ1) is 35.8. The number of phenolic OH excluding ortho intramolecular Hbond substituents is 1. The second-order valence-corrected chi connectivity index (χ2v) is 19.3. The third-order valence-electron chi connectivity index (χ3n) is 14.0. The van der Waals surface area contributed by atoms with Crippen molar-refractivity contribution < 1.29 is 58.2 Å². The number of carboxylic acid groups (broad SMARTS) is 1. The molecule has 75 heavy (non-hydrogen) atoms. The van der Waals surface area contributed by atoms with Gasteiger partial charge in [-0.25, -0.2) is 9.78 Å². The lowest BCUT2D eigenvalue weighted by Gasteiger charge is -2.31. The summed E-state index contributed by atoms with van der Waals surface area (Å²) in [6.45, 7) is 3.62. The number of carboxylic acids is 1. The number of aromatic amines is 1. The molecule has 0 unspecified atom stereocenters. The van der Waals surface area contributed by atoms with Gasteiger partial charge >= 0.3 is 5.97 Å². The number of primary amides is 1. The van der Waals surface area contributed by atoms with Crippen molar-refractivity contribution in [3.8, 4) is 5.75 Å². The number of benzene rings is 2. The van der Waals surface area contributed by atoms with Crippen LogP contribution in [0.25, 0.3) is 0 Å². The Morgan fingerprint density at radius 3 is 1.87 bits per heavy atom. The zero-order valence-electron chi connectivity index (χ0n) is 42.1. The summed E-state index contributed by atoms with van der Waals surface area (Å²) in [7, 11) is 0. The highest BCUT2D eigenvalue weighted by Crippen LogP contribution is 2.24. The number of hydrogen-bond acceptors (Lipinski definition) is 13. The Bertz CT molecular complexity index is 2530. The standard InChI is InChI=1S/C51H68N12O12/c1-3-29(2)43(48(71)57-35(24-32-26-54-28-56-32)44(67)59-37(51(74)75)25-41(53)65)60-47(70)39-13-7-19-61(39)42(66)27-55-45(68)38-12-8-21-63(38)50(73)36(23-30-10-5-4-6-11-30)58-46(69)40-14-9-20-62(40)49(72)34(52)22-31-15-17-33(64)18-16-31/h4-6,10-11,15-18,26,28-29,34-40,43,64H,3,7-9,12-14,19-25,27,52H2,1-2H3,(H2,53,65)(H,54,56)(H,55,68)(H,57,71)(H,58,69)(H,59,67)(H,60,70)(H,74,75)/t29-,34-,35-,36-,37-,38-,39-,40-,43-/m0/s1. The van der Waals surface area contributed by atoms with Gasteiger partial charge in [0.2, 0.25) is 53.2 Å². The van der Waals surface area contributed by atoms with E-state index in [1.807, 2.05) is 18.2 Å². The number of likely N-dealkylation sites (tertiary alicyclic amines) is 3. The number of hydrogen-bond donors (Lipinski definition) is 10. The van der Waals surface area contributed by atoms with Crippen molar-refractivity contribution in [3.05, 3.63) is 83.9 Å². The van der Waals surface area contributed by atoms with E-state index in [0.717, 1.165) is 11.1 Å². The molecule has 404 valence electrons. The van der Waals surface area contributed by atoms with Gasteiger partial charge in [-0.1, -0.05) is 62.7 Å². The van der Waals surface area contributed by atoms with Crippen molar-refractivity contribution in [2.45, 2.75) is 133 Å². The lowest BCUT2D eigenvalue weighted by Crippen LogP contribution is -2.60. The summed E-state index contributed by atoms with van der Waals surface area (Å²) in [5, 5.41) is 32.4. The van der Waals surface area contributed by atoms with Crippen LogP contribution in [0, 0.1) is 5.92 Å². The van der Waals surface area contributed by atoms with E-state index in [2.05, 4.69) is 36.6 Å². The van der Waals surface area contributed by atoms with Crippen LogP contribution in [0.3, 0.4) is 0 Å². The molecule has 0 saturated carbocycles. The van der Waals surface area contributed by atoms with Crippen molar-refractivity contribution in [2.24, 2.45) is 17.4 Å². The smallest absolute Gasteiger partial charge is 0.326 e. The zero-order chi connectivity index (χ0) is 54.3. The van der Waals surface area contributed by atoms with Crippen LogP contribution < -0.4 is 38.1 Å². The molecule has 0 bridgehead atoms. The molecule has 3 aromatic rings. The number of H-pyrrole nitrogens is 1. The first-order valence-corrected chi connectivity index (χ1v) is 25.3. The van der Waals surface area contributed by atoms with Crippen molar-refractivity contribution in [1.82, 2.24) is 51.3 Å². The molecule has 0 radical (unpaired) electrons. The molecule has 9 amide bonds. The highest BCUT2D eigenvalue weighted by atomic mass is 16.4. The number of aromatic nitrogens is 2. The van der Waals surface area contributed by atoms with Gasteiger partial charge in [-0.15, -0.1) is 0 Å². The molecule has 6 rings (SSSR count). The summed E-state index contributed by atoms with van der Waals surface area (Å²) in [5.41, 5.74) is 13.3. The van der Waals surface area contributed by atoms with Gasteiger partial charge in [0, 0.05) is 38.7 Å². The van der Waals surface area contributed by atoms with Gasteiger partial charge in [-0.2, -0.15) is 0 Å². The Hall–Kier alpha value is -7.89. The fraction of sp³-hybridized carbons (Fsp3) is 0.510. The summed E-state index contributed by atoms with van der Waals surface area (Å²) in [6, 6.07) is 6.03. The fourth-order valence-corrected chi connectivity index (χ4v) is 9.74. The quantitative estimate of drug-likeness (QED) is 0.0489. The van der Waals surface area contributed by atoms with Gasteiger partial charge in [-0.05, 0) is 74.1 Å². The minimum Gasteiger partial charge on any atom is -0.508 e. The first kappa shape index (κ1) is 56.4. The maximum Gasteiger partial charge on any atom is 0.326 e. The van der Waals surface area contributed by atoms with Crippen molar-refractivity contribution in [2.75, 3.05) is 26.2 Å². The highest BCUT2D eigenvalue weighted by Gasteiger charge is 2.43. The molecule has 24 heteroatoms. The molecular formula is C51H68N12O12. The van der Waals surface area contributed by atoms with Crippen molar-refractivity contribution in [3.63, 3.8) is 0 Å². The van der Waals surface area contributed by atoms with E-state index in [4.69, 9.17) is 11.5 Å². The largest absolute Gasteiger partial charge is 0.508 e. The Morgan fingerprint density at radius 2 is 1.27 bits per heavy atom. The van der Waals surface area contributed by atoms with Crippen molar-refractivity contribution in [1.29, 1.82) is 0 Å². The van der Waals surface area contributed by atoms with Gasteiger partial charge in [0.25, 0.3) is 0 Å². The van der Waals surface area contributed by atoms with E-state index >= 15 is 0 Å². The predicted molar refractivity (Wildman–Crippen MR) is 268 cm³/mol. The maximum atomic E-state index is 14.5. The molecule has 3 aliphatic rings. The molecular weight excluding hydrogens is 973 g/mol. The molecule has 1 aromatic heterocycles. The third-order valence-corrected chi connectivity index (χ3v) is 14.0. The lowest BCUT2D eigenvalue weighted by atomic mass is 9.97. The maximum absolute atomic E-state index is 14.5. The molecule has 3 aliphatic heterocycles. The number of carbonyl (C=O) groups excluding carboxylic acids is 9. The zero-order valence-corrected chi connectivity index (χ0v) is 42.1. The van der Waals surface area contributed by atoms with Crippen LogP contribution >= 0.6 is 0 Å². The van der Waals surface area contributed by atoms with Gasteiger partial charge in [0.05, 0.1) is 31.0 Å². The van der Waals surface area contributed by atoms with Gasteiger partial charge in [-0.3, -0.25) is 43.2 Å². The first-order valence-electron chi connectivity index (χ1n) is 25.3. The minimum absolute atomic E-state index is 0.0729. The van der Waals surface area contributed by atoms with E-state index in [1.54, 1.807) is 38.1 Å². The molecule has 3 fully saturated rings. The van der Waals surface area contributed by atoms with Crippen LogP contribution in [-0.2, 0) is 67.2 Å². The van der Waals surface area contributed by atoms with E-state index < -0.39 is 126 Å². The Morgan fingerprint density at radius 1 is 0.693 bits per heavy atom. The molecule has 12 N–H and O–H groups in total. The molecule has 0 spiro atoms. The summed E-state index contributed by atoms with van der Waals surface area (Å²) in [4.78, 5) is 146. The number of nitrogens with two attached hydrogens (primary N) is 2. The van der Waals surface area contributed by atoms with Gasteiger partial charge in [0.15, 0.2) is 0 Å². The number of nitrogens with zero attached hydrogens (tertiary/aromatic N) is 4. The fourth-order valence-electron chi connectivity index (χ4n) is 9.74. The molecule has 24 nitrogen and oxygen atoms in total. The van der Waals surface area contributed by atoms with E-state index in [0.29, 0.717) is 44.3 Å². The van der Waals surface area contributed by atoms with E-state index in [9.17, 15) is 58.2 Å². The molecule has 3 saturated heterocycles. The third kappa shape index (κ3) is 15.1. The number of aliphatic carboxylic acids is 1. The Kier molecular flexibility index (Phi) is 19.8. The lowest BCUT2D eigenvalue weighted by molar-refractivity contribution is -0.144. The van der Waals surface area contributed by atoms with Gasteiger partial charge < -0.3 is 67.9 Å². The summed E-state index contributed by atoms with van der Waals surface area (Å²) in [6.07, 6.45) is 4.85.